The van der Waals surface area contributed by atoms with Gasteiger partial charge in [-0.2, -0.15) is 0 Å². The van der Waals surface area contributed by atoms with Crippen LogP contribution in [0.3, 0.4) is 0 Å². The number of unbranched alkanes of at least 4 members (excludes halogenated alkanes) is 2. The summed E-state index contributed by atoms with van der Waals surface area (Å²) in [5.41, 5.74) is 0.456. The highest BCUT2D eigenvalue weighted by molar-refractivity contribution is 5.89. The molecule has 0 bridgehead atoms. The summed E-state index contributed by atoms with van der Waals surface area (Å²) in [7, 11) is 0. The highest BCUT2D eigenvalue weighted by Gasteiger charge is 2.34. The van der Waals surface area contributed by atoms with E-state index < -0.39 is 11.9 Å². The van der Waals surface area contributed by atoms with Crippen molar-refractivity contribution in [3.63, 3.8) is 0 Å². The summed E-state index contributed by atoms with van der Waals surface area (Å²) in [6.07, 6.45) is 2.29. The molecule has 1 saturated heterocycles. The van der Waals surface area contributed by atoms with Crippen LogP contribution in [-0.2, 0) is 4.79 Å². The fourth-order valence-corrected chi connectivity index (χ4v) is 2.60. The molecule has 7 heteroatoms. The van der Waals surface area contributed by atoms with Crippen LogP contribution in [0.4, 0.5) is 9.18 Å². The molecule has 0 spiro atoms. The minimum absolute atomic E-state index is 0.141. The van der Waals surface area contributed by atoms with Crippen molar-refractivity contribution >= 4 is 11.9 Å². The van der Waals surface area contributed by atoms with Crippen LogP contribution in [0.1, 0.15) is 30.9 Å². The van der Waals surface area contributed by atoms with Gasteiger partial charge in [0.2, 0.25) is 5.91 Å². The molecule has 0 aliphatic carbocycles. The third kappa shape index (κ3) is 4.66. The second-order valence-corrected chi connectivity index (χ2v) is 5.46. The standard InChI is InChI=1S/C16H22FN3O3/c17-13-6-4-5-12(11-13)14-15(22)18-8-9-20(14)16(23)19-7-2-1-3-10-21/h4-6,11,14,21H,1-3,7-10H2,(H,18,22)(H,19,23). The molecule has 0 saturated carbocycles. The molecule has 3 amide bonds. The van der Waals surface area contributed by atoms with Crippen LogP contribution in [-0.4, -0.2) is 48.2 Å². The number of aliphatic hydroxyl groups excluding tert-OH is 1. The summed E-state index contributed by atoms with van der Waals surface area (Å²) < 4.78 is 13.4. The fraction of sp³-hybridized carbons (Fsp3) is 0.500. The molecule has 1 unspecified atom stereocenters. The number of amides is 3. The largest absolute Gasteiger partial charge is 0.396 e. The first-order valence-electron chi connectivity index (χ1n) is 7.82. The molecule has 126 valence electrons. The third-order valence-corrected chi connectivity index (χ3v) is 3.75. The Morgan fingerprint density at radius 3 is 2.96 bits per heavy atom. The number of nitrogens with zero attached hydrogens (tertiary/aromatic N) is 1. The first-order chi connectivity index (χ1) is 11.1. The minimum atomic E-state index is -0.822. The summed E-state index contributed by atoms with van der Waals surface area (Å²) >= 11 is 0. The summed E-state index contributed by atoms with van der Waals surface area (Å²) in [6, 6.07) is 4.58. The van der Waals surface area contributed by atoms with Crippen LogP contribution >= 0.6 is 0 Å². The number of hydrogen-bond donors (Lipinski definition) is 3. The maximum absolute atomic E-state index is 13.4. The zero-order valence-electron chi connectivity index (χ0n) is 12.9. The van der Waals surface area contributed by atoms with Gasteiger partial charge in [0.05, 0.1) is 0 Å². The average Bonchev–Trinajstić information content (AvgIpc) is 2.54. The Balaban J connectivity index is 2.02. The van der Waals surface area contributed by atoms with Crippen LogP contribution in [0, 0.1) is 5.82 Å². The summed E-state index contributed by atoms with van der Waals surface area (Å²) in [6.45, 7) is 1.37. The van der Waals surface area contributed by atoms with Gasteiger partial charge in [-0.3, -0.25) is 4.79 Å². The van der Waals surface area contributed by atoms with Gasteiger partial charge in [-0.15, -0.1) is 0 Å². The highest BCUT2D eigenvalue weighted by atomic mass is 19.1. The van der Waals surface area contributed by atoms with Crippen LogP contribution < -0.4 is 10.6 Å². The van der Waals surface area contributed by atoms with Crippen molar-refractivity contribution in [3.05, 3.63) is 35.6 Å². The predicted molar refractivity (Wildman–Crippen MR) is 83.2 cm³/mol. The molecule has 0 radical (unpaired) electrons. The summed E-state index contributed by atoms with van der Waals surface area (Å²) in [5, 5.41) is 14.2. The van der Waals surface area contributed by atoms with Crippen molar-refractivity contribution in [2.75, 3.05) is 26.2 Å². The summed E-state index contributed by atoms with van der Waals surface area (Å²) in [4.78, 5) is 25.9. The van der Waals surface area contributed by atoms with Gasteiger partial charge in [0.1, 0.15) is 11.9 Å². The molecule has 6 nitrogen and oxygen atoms in total. The van der Waals surface area contributed by atoms with Crippen LogP contribution in [0.15, 0.2) is 24.3 Å². The summed E-state index contributed by atoms with van der Waals surface area (Å²) in [5.74, 6) is -0.748. The van der Waals surface area contributed by atoms with Gasteiger partial charge in [0, 0.05) is 26.2 Å². The average molecular weight is 323 g/mol. The topological polar surface area (TPSA) is 81.7 Å². The zero-order chi connectivity index (χ0) is 16.7. The van der Waals surface area contributed by atoms with Crippen LogP contribution in [0.25, 0.3) is 0 Å². The molecule has 2 rings (SSSR count). The Morgan fingerprint density at radius 1 is 1.39 bits per heavy atom. The van der Waals surface area contributed by atoms with E-state index in [0.717, 1.165) is 12.8 Å². The van der Waals surface area contributed by atoms with E-state index in [0.29, 0.717) is 31.6 Å². The van der Waals surface area contributed by atoms with Gasteiger partial charge in [0.25, 0.3) is 0 Å². The number of rotatable bonds is 6. The normalized spacial score (nSPS) is 17.7. The number of halogens is 1. The van der Waals surface area contributed by atoms with Crippen LogP contribution in [0.2, 0.25) is 0 Å². The molecule has 1 atom stereocenters. The van der Waals surface area contributed by atoms with Crippen molar-refractivity contribution in [3.8, 4) is 0 Å². The van der Waals surface area contributed by atoms with Crippen molar-refractivity contribution in [1.29, 1.82) is 0 Å². The number of piperazine rings is 1. The van der Waals surface area contributed by atoms with Crippen molar-refractivity contribution in [1.82, 2.24) is 15.5 Å². The van der Waals surface area contributed by atoms with E-state index in [4.69, 9.17) is 5.11 Å². The number of hydrogen-bond acceptors (Lipinski definition) is 3. The van der Waals surface area contributed by atoms with Gasteiger partial charge in [-0.25, -0.2) is 9.18 Å². The Kier molecular flexibility index (Phi) is 6.34. The maximum atomic E-state index is 13.4. The third-order valence-electron chi connectivity index (χ3n) is 3.75. The number of carbonyl (C=O) groups excluding carboxylic acids is 2. The Bertz CT molecular complexity index is 553. The van der Waals surface area contributed by atoms with E-state index in [-0.39, 0.29) is 18.5 Å². The molecule has 1 aliphatic rings. The van der Waals surface area contributed by atoms with E-state index in [9.17, 15) is 14.0 Å². The molecule has 1 aliphatic heterocycles. The number of carbonyl (C=O) groups is 2. The van der Waals surface area contributed by atoms with Gasteiger partial charge in [-0.05, 0) is 37.0 Å². The van der Waals surface area contributed by atoms with Gasteiger partial charge >= 0.3 is 6.03 Å². The van der Waals surface area contributed by atoms with E-state index >= 15 is 0 Å². The molecule has 1 aromatic rings. The van der Waals surface area contributed by atoms with E-state index in [1.165, 1.54) is 23.1 Å². The molecular weight excluding hydrogens is 301 g/mol. The molecular formula is C16H22FN3O3. The number of aliphatic hydroxyl groups is 1. The maximum Gasteiger partial charge on any atom is 0.318 e. The molecule has 1 fully saturated rings. The smallest absolute Gasteiger partial charge is 0.318 e. The Morgan fingerprint density at radius 2 is 2.22 bits per heavy atom. The second kappa shape index (κ2) is 8.47. The minimum Gasteiger partial charge on any atom is -0.396 e. The van der Waals surface area contributed by atoms with E-state index in [1.807, 2.05) is 0 Å². The van der Waals surface area contributed by atoms with Crippen molar-refractivity contribution in [2.45, 2.75) is 25.3 Å². The fourth-order valence-electron chi connectivity index (χ4n) is 2.60. The lowest BCUT2D eigenvalue weighted by atomic mass is 10.0. The lowest BCUT2D eigenvalue weighted by Crippen LogP contribution is -2.54. The van der Waals surface area contributed by atoms with E-state index in [2.05, 4.69) is 10.6 Å². The first kappa shape index (κ1) is 17.2. The quantitative estimate of drug-likeness (QED) is 0.687. The number of nitrogens with one attached hydrogen (secondary N) is 2. The molecule has 1 aromatic carbocycles. The Labute approximate surface area is 134 Å². The first-order valence-corrected chi connectivity index (χ1v) is 7.82. The monoisotopic (exact) mass is 323 g/mol. The van der Waals surface area contributed by atoms with Crippen molar-refractivity contribution in [2.24, 2.45) is 0 Å². The highest BCUT2D eigenvalue weighted by Crippen LogP contribution is 2.23. The molecule has 1 heterocycles. The van der Waals surface area contributed by atoms with Crippen molar-refractivity contribution < 1.29 is 19.1 Å². The van der Waals surface area contributed by atoms with Gasteiger partial charge in [0.15, 0.2) is 0 Å². The second-order valence-electron chi connectivity index (χ2n) is 5.46. The van der Waals surface area contributed by atoms with Gasteiger partial charge in [-0.1, -0.05) is 12.1 Å². The SMILES string of the molecule is O=C1NCCN(C(=O)NCCCCCO)C1c1cccc(F)c1. The van der Waals surface area contributed by atoms with Crippen LogP contribution in [0.5, 0.6) is 0 Å². The predicted octanol–water partition coefficient (Wildman–Crippen LogP) is 1.17. The van der Waals surface area contributed by atoms with Gasteiger partial charge < -0.3 is 20.6 Å². The zero-order valence-corrected chi connectivity index (χ0v) is 12.9. The molecule has 3 N–H and O–H groups in total. The lowest BCUT2D eigenvalue weighted by Gasteiger charge is -2.35. The number of urea groups is 1. The number of benzene rings is 1. The molecule has 23 heavy (non-hydrogen) atoms. The Hall–Kier alpha value is -2.15. The lowest BCUT2D eigenvalue weighted by molar-refractivity contribution is -0.127. The van der Waals surface area contributed by atoms with E-state index in [1.54, 1.807) is 6.07 Å². The molecule has 0 aromatic heterocycles.